The first-order valence-electron chi connectivity index (χ1n) is 10.6. The van der Waals surface area contributed by atoms with Gasteiger partial charge >= 0.3 is 0 Å². The zero-order chi connectivity index (χ0) is 21.2. The number of aromatic nitrogens is 1. The lowest BCUT2D eigenvalue weighted by Crippen LogP contribution is -2.07. The van der Waals surface area contributed by atoms with E-state index in [9.17, 15) is 0 Å². The molecule has 0 amide bonds. The molecule has 1 aromatic heterocycles. The molecule has 5 nitrogen and oxygen atoms in total. The molecule has 0 aliphatic rings. The number of benzene rings is 2. The van der Waals surface area contributed by atoms with Crippen molar-refractivity contribution < 1.29 is 4.74 Å². The number of methoxy groups -OCH3 is 1. The number of unbranched alkanes of at least 4 members (excludes halogenated alkanes) is 1. The van der Waals surface area contributed by atoms with Crippen LogP contribution in [-0.2, 0) is 19.5 Å². The molecule has 0 saturated heterocycles. The number of anilines is 2. The molecular weight excluding hydrogens is 372 g/mol. The van der Waals surface area contributed by atoms with Crippen LogP contribution in [0.25, 0.3) is 0 Å². The van der Waals surface area contributed by atoms with E-state index in [0.717, 1.165) is 47.9 Å². The van der Waals surface area contributed by atoms with Gasteiger partial charge in [-0.2, -0.15) is 0 Å². The van der Waals surface area contributed by atoms with Crippen LogP contribution in [0.4, 0.5) is 11.5 Å². The third-order valence-corrected chi connectivity index (χ3v) is 5.01. The number of hydrogen-bond acceptors (Lipinski definition) is 5. The van der Waals surface area contributed by atoms with Crippen molar-refractivity contribution in [3.8, 4) is 5.75 Å². The summed E-state index contributed by atoms with van der Waals surface area (Å²) in [5.74, 6) is 1.74. The predicted octanol–water partition coefficient (Wildman–Crippen LogP) is 4.96. The van der Waals surface area contributed by atoms with E-state index in [2.05, 4.69) is 66.1 Å². The predicted molar refractivity (Wildman–Crippen MR) is 125 cm³/mol. The summed E-state index contributed by atoms with van der Waals surface area (Å²) in [5, 5.41) is 7.00. The van der Waals surface area contributed by atoms with Gasteiger partial charge in [0.05, 0.1) is 7.11 Å². The quantitative estimate of drug-likeness (QED) is 0.394. The molecule has 1 heterocycles. The first kappa shape index (κ1) is 21.7. The van der Waals surface area contributed by atoms with E-state index in [1.807, 2.05) is 12.1 Å². The van der Waals surface area contributed by atoms with Crippen LogP contribution >= 0.6 is 0 Å². The van der Waals surface area contributed by atoms with Gasteiger partial charge in [0.25, 0.3) is 0 Å². The number of hydrogen-bond donors (Lipinski definition) is 3. The molecule has 3 aromatic rings. The molecule has 0 unspecified atom stereocenters. The van der Waals surface area contributed by atoms with Crippen LogP contribution in [0, 0.1) is 0 Å². The van der Waals surface area contributed by atoms with Crippen LogP contribution in [0.15, 0.2) is 60.7 Å². The lowest BCUT2D eigenvalue weighted by molar-refractivity contribution is 0.414. The van der Waals surface area contributed by atoms with Gasteiger partial charge in [0.2, 0.25) is 0 Å². The zero-order valence-corrected chi connectivity index (χ0v) is 17.9. The summed E-state index contributed by atoms with van der Waals surface area (Å²) in [6.07, 6.45) is 3.10. The van der Waals surface area contributed by atoms with Crippen LogP contribution < -0.4 is 21.1 Å². The maximum atomic E-state index is 5.71. The number of pyridine rings is 1. The highest BCUT2D eigenvalue weighted by Crippen LogP contribution is 2.20. The van der Waals surface area contributed by atoms with Crippen molar-refractivity contribution in [3.63, 3.8) is 0 Å². The molecule has 0 spiro atoms. The molecule has 4 N–H and O–H groups in total. The molecule has 0 aliphatic carbocycles. The first-order chi connectivity index (χ1) is 14.7. The van der Waals surface area contributed by atoms with Gasteiger partial charge in [0.1, 0.15) is 11.6 Å². The molecule has 3 rings (SSSR count). The van der Waals surface area contributed by atoms with E-state index in [1.165, 1.54) is 17.5 Å². The minimum atomic E-state index is 0.564. The van der Waals surface area contributed by atoms with Gasteiger partial charge in [-0.25, -0.2) is 4.98 Å². The Hall–Kier alpha value is -3.05. The minimum Gasteiger partial charge on any atom is -0.497 e. The largest absolute Gasteiger partial charge is 0.497 e. The molecule has 2 aromatic carbocycles. The fraction of sp³-hybridized carbons (Fsp3) is 0.320. The second-order valence-electron chi connectivity index (χ2n) is 7.41. The molecule has 0 fully saturated rings. The molecule has 158 valence electrons. The third-order valence-electron chi connectivity index (χ3n) is 5.01. The maximum absolute atomic E-state index is 5.71. The summed E-state index contributed by atoms with van der Waals surface area (Å²) in [5.41, 5.74) is 11.4. The van der Waals surface area contributed by atoms with E-state index in [-0.39, 0.29) is 0 Å². The van der Waals surface area contributed by atoms with E-state index in [0.29, 0.717) is 13.1 Å². The topological polar surface area (TPSA) is 72.2 Å². The third kappa shape index (κ3) is 6.49. The van der Waals surface area contributed by atoms with Gasteiger partial charge in [-0.05, 0) is 41.3 Å². The maximum Gasteiger partial charge on any atom is 0.128 e. The van der Waals surface area contributed by atoms with Crippen LogP contribution in [0.1, 0.15) is 42.1 Å². The number of ether oxygens (including phenoxy) is 1. The molecule has 0 aliphatic heterocycles. The lowest BCUT2D eigenvalue weighted by atomic mass is 10.1. The van der Waals surface area contributed by atoms with Crippen molar-refractivity contribution >= 4 is 11.5 Å². The lowest BCUT2D eigenvalue weighted by Gasteiger charge is -2.13. The smallest absolute Gasteiger partial charge is 0.128 e. The number of nitrogens with two attached hydrogens (primary N) is 1. The molecule has 5 heteroatoms. The van der Waals surface area contributed by atoms with E-state index in [1.54, 1.807) is 7.11 Å². The van der Waals surface area contributed by atoms with Crippen molar-refractivity contribution in [2.24, 2.45) is 5.73 Å². The fourth-order valence-corrected chi connectivity index (χ4v) is 3.22. The Bertz CT molecular complexity index is 907. The summed E-state index contributed by atoms with van der Waals surface area (Å²) < 4.78 is 5.23. The van der Waals surface area contributed by atoms with Gasteiger partial charge in [-0.1, -0.05) is 49.7 Å². The van der Waals surface area contributed by atoms with Gasteiger partial charge < -0.3 is 21.1 Å². The standard InChI is InChI=1S/C25H32N4O/c1-3-4-13-27-22-15-23(14-19-5-7-20(17-26)8-6-19)29-25(16-22)28-18-21-9-11-24(30-2)12-10-21/h5-12,15-16H,3-4,13-14,17-18,26H2,1-2H3,(H2,27,28,29). The van der Waals surface area contributed by atoms with Gasteiger partial charge in [0.15, 0.2) is 0 Å². The van der Waals surface area contributed by atoms with Crippen LogP contribution in [0.5, 0.6) is 5.75 Å². The van der Waals surface area contributed by atoms with Crippen molar-refractivity contribution in [3.05, 3.63) is 83.0 Å². The Morgan fingerprint density at radius 2 is 1.60 bits per heavy atom. The molecular formula is C25H32N4O. The molecule has 0 radical (unpaired) electrons. The van der Waals surface area contributed by atoms with Crippen LogP contribution in [0.3, 0.4) is 0 Å². The SMILES string of the molecule is CCCCNc1cc(Cc2ccc(CN)cc2)nc(NCc2ccc(OC)cc2)c1. The Morgan fingerprint density at radius 3 is 2.27 bits per heavy atom. The average molecular weight is 405 g/mol. The molecule has 0 bridgehead atoms. The summed E-state index contributed by atoms with van der Waals surface area (Å²) in [6, 6.07) is 20.7. The van der Waals surface area contributed by atoms with Gasteiger partial charge in [-0.15, -0.1) is 0 Å². The summed E-state index contributed by atoms with van der Waals surface area (Å²) >= 11 is 0. The van der Waals surface area contributed by atoms with E-state index in [4.69, 9.17) is 15.5 Å². The van der Waals surface area contributed by atoms with Gasteiger partial charge in [0, 0.05) is 43.5 Å². The minimum absolute atomic E-state index is 0.564. The highest BCUT2D eigenvalue weighted by atomic mass is 16.5. The highest BCUT2D eigenvalue weighted by molar-refractivity contribution is 5.54. The summed E-state index contributed by atoms with van der Waals surface area (Å²) in [6.45, 7) is 4.43. The van der Waals surface area contributed by atoms with E-state index >= 15 is 0 Å². The Morgan fingerprint density at radius 1 is 0.900 bits per heavy atom. The fourth-order valence-electron chi connectivity index (χ4n) is 3.22. The zero-order valence-electron chi connectivity index (χ0n) is 17.9. The first-order valence-corrected chi connectivity index (χ1v) is 10.6. The highest BCUT2D eigenvalue weighted by Gasteiger charge is 2.05. The second kappa shape index (κ2) is 11.2. The normalized spacial score (nSPS) is 10.6. The van der Waals surface area contributed by atoms with Crippen molar-refractivity contribution in [1.29, 1.82) is 0 Å². The summed E-state index contributed by atoms with van der Waals surface area (Å²) in [7, 11) is 1.68. The second-order valence-corrected chi connectivity index (χ2v) is 7.41. The Labute approximate surface area is 179 Å². The Kier molecular flexibility index (Phi) is 8.10. The van der Waals surface area contributed by atoms with Crippen molar-refractivity contribution in [2.45, 2.75) is 39.3 Å². The Balaban J connectivity index is 1.74. The van der Waals surface area contributed by atoms with Gasteiger partial charge in [-0.3, -0.25) is 0 Å². The van der Waals surface area contributed by atoms with E-state index < -0.39 is 0 Å². The summed E-state index contributed by atoms with van der Waals surface area (Å²) in [4.78, 5) is 4.85. The van der Waals surface area contributed by atoms with Crippen LogP contribution in [0.2, 0.25) is 0 Å². The average Bonchev–Trinajstić information content (AvgIpc) is 2.79. The molecule has 0 saturated carbocycles. The van der Waals surface area contributed by atoms with Crippen molar-refractivity contribution in [2.75, 3.05) is 24.3 Å². The number of rotatable bonds is 11. The van der Waals surface area contributed by atoms with Crippen molar-refractivity contribution in [1.82, 2.24) is 4.98 Å². The molecule has 0 atom stereocenters. The number of nitrogens with one attached hydrogen (secondary N) is 2. The monoisotopic (exact) mass is 404 g/mol. The molecule has 30 heavy (non-hydrogen) atoms. The van der Waals surface area contributed by atoms with Crippen LogP contribution in [-0.4, -0.2) is 18.6 Å². The number of nitrogens with zero attached hydrogens (tertiary/aromatic N) is 1.